The number of nitrogens with zero attached hydrogens (tertiary/aromatic N) is 5. The fourth-order valence-electron chi connectivity index (χ4n) is 4.56. The fraction of sp³-hybridized carbons (Fsp3) is 0.417. The Labute approximate surface area is 192 Å². The van der Waals surface area contributed by atoms with E-state index in [1.54, 1.807) is 17.3 Å². The molecule has 0 radical (unpaired) electrons. The summed E-state index contributed by atoms with van der Waals surface area (Å²) in [5.74, 6) is 0.175. The topological polar surface area (TPSA) is 124 Å². The molecule has 3 atom stereocenters. The van der Waals surface area contributed by atoms with Gasteiger partial charge in [0, 0.05) is 36.3 Å². The van der Waals surface area contributed by atoms with Crippen molar-refractivity contribution in [2.45, 2.75) is 59.2 Å². The van der Waals surface area contributed by atoms with Crippen LogP contribution < -0.4 is 5.73 Å². The van der Waals surface area contributed by atoms with E-state index in [0.29, 0.717) is 34.8 Å². The molecule has 1 aliphatic heterocycles. The number of primary amides is 1. The summed E-state index contributed by atoms with van der Waals surface area (Å²) < 4.78 is 1.54. The van der Waals surface area contributed by atoms with Crippen molar-refractivity contribution in [3.05, 3.63) is 42.1 Å². The maximum absolute atomic E-state index is 13.1. The summed E-state index contributed by atoms with van der Waals surface area (Å²) >= 11 is 0. The molecule has 1 saturated heterocycles. The molecule has 2 aliphatic rings. The number of amides is 2. The van der Waals surface area contributed by atoms with Crippen LogP contribution in [0.3, 0.4) is 0 Å². The Bertz CT molecular complexity index is 1230. The highest BCUT2D eigenvalue weighted by Crippen LogP contribution is 2.47. The zero-order valence-corrected chi connectivity index (χ0v) is 19.3. The standard InChI is InChI=1S/C22H22N6O3.C2H6/c1-11(29)21-16-5-13(15-8-24-12(2)25-9-15)3-4-17(16)27(26-21)10-20(30)28-18-6-14(18)7-19(28)22(23)31;1-2/h3-5,8-9,14,18-19H,6-7,10H2,1-2H3,(H2,23,31);1-2H3/t14-,18-,19+;/m1./s1. The quantitative estimate of drug-likeness (QED) is 0.598. The van der Waals surface area contributed by atoms with Crippen LogP contribution in [-0.4, -0.2) is 54.3 Å². The van der Waals surface area contributed by atoms with Crippen LogP contribution in [0.15, 0.2) is 30.6 Å². The maximum atomic E-state index is 13.1. The molecule has 1 saturated carbocycles. The molecule has 2 N–H and O–H groups in total. The normalized spacial score (nSPS) is 20.7. The van der Waals surface area contributed by atoms with E-state index < -0.39 is 11.9 Å². The van der Waals surface area contributed by atoms with Crippen LogP contribution in [0.1, 0.15) is 49.9 Å². The van der Waals surface area contributed by atoms with Crippen molar-refractivity contribution < 1.29 is 14.4 Å². The number of nitrogens with two attached hydrogens (primary N) is 1. The highest BCUT2D eigenvalue weighted by atomic mass is 16.2. The predicted molar refractivity (Wildman–Crippen MR) is 123 cm³/mol. The van der Waals surface area contributed by atoms with Gasteiger partial charge >= 0.3 is 0 Å². The van der Waals surface area contributed by atoms with E-state index in [1.165, 1.54) is 11.6 Å². The molecule has 3 aromatic rings. The monoisotopic (exact) mass is 448 g/mol. The summed E-state index contributed by atoms with van der Waals surface area (Å²) in [6.07, 6.45) is 5.00. The van der Waals surface area contributed by atoms with Crippen LogP contribution in [0.5, 0.6) is 0 Å². The van der Waals surface area contributed by atoms with Crippen LogP contribution in [0.2, 0.25) is 0 Å². The molecule has 1 aliphatic carbocycles. The van der Waals surface area contributed by atoms with Gasteiger partial charge in [-0.1, -0.05) is 19.9 Å². The number of carbonyl (C=O) groups excluding carboxylic acids is 3. The lowest BCUT2D eigenvalue weighted by atomic mass is 10.0. The van der Waals surface area contributed by atoms with E-state index in [2.05, 4.69) is 15.1 Å². The highest BCUT2D eigenvalue weighted by molar-refractivity contribution is 6.06. The second kappa shape index (κ2) is 8.73. The van der Waals surface area contributed by atoms with Crippen molar-refractivity contribution in [1.82, 2.24) is 24.6 Å². The Balaban J connectivity index is 0.00000126. The van der Waals surface area contributed by atoms with Gasteiger partial charge in [0.05, 0.1) is 5.52 Å². The second-order valence-electron chi connectivity index (χ2n) is 8.33. The average Bonchev–Trinajstić information content (AvgIpc) is 3.31. The Morgan fingerprint density at radius 1 is 1.09 bits per heavy atom. The molecule has 172 valence electrons. The molecular weight excluding hydrogens is 420 g/mol. The van der Waals surface area contributed by atoms with Crippen molar-refractivity contribution in [2.75, 3.05) is 0 Å². The van der Waals surface area contributed by atoms with Crippen molar-refractivity contribution in [2.24, 2.45) is 11.7 Å². The number of aromatic nitrogens is 4. The summed E-state index contributed by atoms with van der Waals surface area (Å²) in [4.78, 5) is 47.2. The first kappa shape index (κ1) is 22.6. The van der Waals surface area contributed by atoms with Gasteiger partial charge in [-0.25, -0.2) is 9.97 Å². The van der Waals surface area contributed by atoms with Gasteiger partial charge in [-0.3, -0.25) is 19.1 Å². The summed E-state index contributed by atoms with van der Waals surface area (Å²) in [7, 11) is 0. The molecule has 2 fully saturated rings. The SMILES string of the molecule is CC.CC(=O)c1nn(CC(=O)N2[C@@H]3C[C@@H]3C[C@H]2C(N)=O)c2ccc(-c3cnc(C)nc3)cc12. The number of likely N-dealkylation sites (tertiary alicyclic amines) is 1. The van der Waals surface area contributed by atoms with E-state index in [-0.39, 0.29) is 24.3 Å². The Kier molecular flexibility index (Phi) is 5.97. The largest absolute Gasteiger partial charge is 0.368 e. The summed E-state index contributed by atoms with van der Waals surface area (Å²) in [5.41, 5.74) is 8.17. The Morgan fingerprint density at radius 3 is 2.42 bits per heavy atom. The van der Waals surface area contributed by atoms with Gasteiger partial charge in [-0.05, 0) is 43.4 Å². The lowest BCUT2D eigenvalue weighted by molar-refractivity contribution is -0.139. The van der Waals surface area contributed by atoms with Gasteiger partial charge in [0.2, 0.25) is 11.8 Å². The van der Waals surface area contributed by atoms with E-state index in [9.17, 15) is 14.4 Å². The van der Waals surface area contributed by atoms with Gasteiger partial charge in [0.1, 0.15) is 24.1 Å². The summed E-state index contributed by atoms with van der Waals surface area (Å²) in [6, 6.07) is 5.13. The maximum Gasteiger partial charge on any atom is 0.245 e. The number of aryl methyl sites for hydroxylation is 1. The number of carbonyl (C=O) groups is 3. The van der Waals surface area contributed by atoms with Crippen molar-refractivity contribution in [3.63, 3.8) is 0 Å². The molecule has 0 bridgehead atoms. The number of hydrogen-bond donors (Lipinski definition) is 1. The van der Waals surface area contributed by atoms with Crippen LogP contribution in [-0.2, 0) is 16.1 Å². The minimum absolute atomic E-state index is 0.0518. The first-order valence-electron chi connectivity index (χ1n) is 11.2. The Hall–Kier alpha value is -3.62. The number of ketones is 1. The number of rotatable bonds is 5. The molecule has 5 rings (SSSR count). The van der Waals surface area contributed by atoms with Crippen LogP contribution in [0, 0.1) is 12.8 Å². The Morgan fingerprint density at radius 2 is 1.79 bits per heavy atom. The third kappa shape index (κ3) is 4.10. The van der Waals surface area contributed by atoms with Crippen LogP contribution in [0.4, 0.5) is 0 Å². The minimum atomic E-state index is -0.557. The van der Waals surface area contributed by atoms with E-state index in [0.717, 1.165) is 17.5 Å². The first-order chi connectivity index (χ1) is 15.8. The zero-order chi connectivity index (χ0) is 23.9. The summed E-state index contributed by atoms with van der Waals surface area (Å²) in [6.45, 7) is 7.21. The van der Waals surface area contributed by atoms with Gasteiger partial charge < -0.3 is 10.6 Å². The predicted octanol–water partition coefficient (Wildman–Crippen LogP) is 2.51. The van der Waals surface area contributed by atoms with Gasteiger partial charge in [0.15, 0.2) is 5.78 Å². The lowest BCUT2D eigenvalue weighted by Gasteiger charge is -2.25. The number of benzene rings is 1. The smallest absolute Gasteiger partial charge is 0.245 e. The van der Waals surface area contributed by atoms with Gasteiger partial charge in [-0.2, -0.15) is 5.10 Å². The van der Waals surface area contributed by atoms with Crippen LogP contribution >= 0.6 is 0 Å². The van der Waals surface area contributed by atoms with Crippen molar-refractivity contribution in [3.8, 4) is 11.1 Å². The average molecular weight is 449 g/mol. The molecule has 3 heterocycles. The molecular formula is C24H28N6O3. The van der Waals surface area contributed by atoms with E-state index >= 15 is 0 Å². The summed E-state index contributed by atoms with van der Waals surface area (Å²) in [5, 5.41) is 5.09. The first-order valence-corrected chi connectivity index (χ1v) is 11.2. The van der Waals surface area contributed by atoms with Crippen molar-refractivity contribution >= 4 is 28.5 Å². The highest BCUT2D eigenvalue weighted by Gasteiger charge is 2.55. The fourth-order valence-corrected chi connectivity index (χ4v) is 4.56. The molecule has 2 amide bonds. The molecule has 33 heavy (non-hydrogen) atoms. The number of Topliss-reactive ketones (excluding diaryl/α,β-unsaturated/α-hetero) is 1. The van der Waals surface area contributed by atoms with Gasteiger partial charge in [0.25, 0.3) is 0 Å². The number of hydrogen-bond acceptors (Lipinski definition) is 6. The lowest BCUT2D eigenvalue weighted by Crippen LogP contribution is -2.47. The molecule has 9 nitrogen and oxygen atoms in total. The molecule has 9 heteroatoms. The second-order valence-corrected chi connectivity index (χ2v) is 8.33. The third-order valence-corrected chi connectivity index (χ3v) is 6.20. The van der Waals surface area contributed by atoms with Gasteiger partial charge in [-0.15, -0.1) is 0 Å². The molecule has 2 aromatic heterocycles. The minimum Gasteiger partial charge on any atom is -0.368 e. The van der Waals surface area contributed by atoms with Crippen molar-refractivity contribution in [1.29, 1.82) is 0 Å². The molecule has 1 aromatic carbocycles. The van der Waals surface area contributed by atoms with E-state index in [4.69, 9.17) is 5.73 Å². The zero-order valence-electron chi connectivity index (χ0n) is 19.3. The molecule has 0 unspecified atom stereocenters. The van der Waals surface area contributed by atoms with Crippen LogP contribution in [0.25, 0.3) is 22.0 Å². The molecule has 0 spiro atoms. The number of piperidine rings is 1. The van der Waals surface area contributed by atoms with E-state index in [1.807, 2.05) is 39.0 Å². The third-order valence-electron chi connectivity index (χ3n) is 6.20. The number of fused-ring (bicyclic) bond motifs is 2.